The van der Waals surface area contributed by atoms with E-state index in [1.807, 2.05) is 20.8 Å². The van der Waals surface area contributed by atoms with Crippen molar-refractivity contribution in [3.63, 3.8) is 0 Å². The molecule has 1 rings (SSSR count). The lowest BCUT2D eigenvalue weighted by Crippen LogP contribution is -2.24. The lowest BCUT2D eigenvalue weighted by molar-refractivity contribution is -0.156. The van der Waals surface area contributed by atoms with Gasteiger partial charge in [-0.25, -0.2) is 0 Å². The molecule has 0 aromatic carbocycles. The van der Waals surface area contributed by atoms with Crippen LogP contribution in [-0.2, 0) is 4.74 Å². The summed E-state index contributed by atoms with van der Waals surface area (Å²) >= 11 is 0. The van der Waals surface area contributed by atoms with Crippen molar-refractivity contribution < 1.29 is 11.3 Å². The second kappa shape index (κ2) is 5.69. The Morgan fingerprint density at radius 2 is 2.00 bits per heavy atom. The van der Waals surface area contributed by atoms with E-state index < -0.39 is 6.29 Å². The van der Waals surface area contributed by atoms with E-state index in [2.05, 4.69) is 0 Å². The minimum Gasteiger partial charge on any atom is -0.368 e. The summed E-state index contributed by atoms with van der Waals surface area (Å²) in [6, 6.07) is 0. The molecule has 0 spiro atoms. The van der Waals surface area contributed by atoms with E-state index in [-0.39, 0.29) is 7.53 Å². The maximum absolute atomic E-state index is 8.86. The zero-order valence-electron chi connectivity index (χ0n) is 7.13. The summed E-state index contributed by atoms with van der Waals surface area (Å²) < 4.78 is 5.04. The van der Waals surface area contributed by atoms with Crippen LogP contribution in [0.2, 0.25) is 0 Å². The lowest BCUT2D eigenvalue weighted by Gasteiger charge is -2.23. The molecule has 2 nitrogen and oxygen atoms in total. The number of rotatable bonds is 0. The highest BCUT2D eigenvalue weighted by atomic mass is 16.6. The summed E-state index contributed by atoms with van der Waals surface area (Å²) in [6.45, 7) is 5.99. The van der Waals surface area contributed by atoms with Gasteiger partial charge in [0, 0.05) is 1.43 Å². The molecule has 0 aromatic heterocycles. The first-order valence-corrected chi connectivity index (χ1v) is 4.12. The molecule has 1 heterocycles. The van der Waals surface area contributed by atoms with Crippen molar-refractivity contribution in [2.75, 3.05) is 0 Å². The van der Waals surface area contributed by atoms with Gasteiger partial charge in [-0.15, -0.1) is 0 Å². The molecule has 1 N–H and O–H groups in total. The van der Waals surface area contributed by atoms with Crippen molar-refractivity contribution in [1.82, 2.24) is 0 Å². The van der Waals surface area contributed by atoms with Gasteiger partial charge in [-0.2, -0.15) is 0 Å². The minimum absolute atomic E-state index is 0. The van der Waals surface area contributed by atoms with Crippen LogP contribution >= 0.6 is 0 Å². The first-order chi connectivity index (χ1) is 4.79. The summed E-state index contributed by atoms with van der Waals surface area (Å²) in [5.41, 5.74) is 0. The smallest absolute Gasteiger partial charge is 0.154 e. The molecule has 0 aromatic rings. The van der Waals surface area contributed by atoms with Crippen LogP contribution in [-0.4, -0.2) is 17.5 Å². The molecule has 0 aliphatic carbocycles. The molecule has 64 valence electrons. The third-order valence-electron chi connectivity index (χ3n) is 1.45. The standard InChI is InChI=1S/C6H12O2.C2H6.H2/c1-5-3-2-4-6(7)8-5;1-2;/h5-7H,2-4H2,1H3;1-2H3;1H/t5-,6+;;/m0../s1. The van der Waals surface area contributed by atoms with Crippen LogP contribution < -0.4 is 0 Å². The van der Waals surface area contributed by atoms with Gasteiger partial charge < -0.3 is 9.84 Å². The van der Waals surface area contributed by atoms with Crippen LogP contribution in [0.5, 0.6) is 0 Å². The molecule has 0 unspecified atom stereocenters. The van der Waals surface area contributed by atoms with Gasteiger partial charge in [-0.1, -0.05) is 13.8 Å². The lowest BCUT2D eigenvalue weighted by atomic mass is 10.1. The van der Waals surface area contributed by atoms with Crippen molar-refractivity contribution in [2.24, 2.45) is 0 Å². The second-order valence-corrected chi connectivity index (χ2v) is 2.33. The zero-order valence-corrected chi connectivity index (χ0v) is 7.13. The zero-order chi connectivity index (χ0) is 7.98. The van der Waals surface area contributed by atoms with Crippen molar-refractivity contribution in [1.29, 1.82) is 0 Å². The average Bonchev–Trinajstić information content (AvgIpc) is 1.91. The molecule has 2 heteroatoms. The number of hydrogen-bond donors (Lipinski definition) is 1. The highest BCUT2D eigenvalue weighted by Gasteiger charge is 2.15. The summed E-state index contributed by atoms with van der Waals surface area (Å²) in [5.74, 6) is 0. The summed E-state index contributed by atoms with van der Waals surface area (Å²) in [4.78, 5) is 0. The van der Waals surface area contributed by atoms with Gasteiger partial charge in [0.1, 0.15) is 0 Å². The van der Waals surface area contributed by atoms with Crippen molar-refractivity contribution >= 4 is 0 Å². The van der Waals surface area contributed by atoms with Crippen LogP contribution in [0, 0.1) is 0 Å². The fourth-order valence-electron chi connectivity index (χ4n) is 0.984. The highest BCUT2D eigenvalue weighted by molar-refractivity contribution is 4.59. The predicted molar refractivity (Wildman–Crippen MR) is 43.9 cm³/mol. The van der Waals surface area contributed by atoms with Crippen molar-refractivity contribution in [3.8, 4) is 0 Å². The molecule has 0 amide bonds. The van der Waals surface area contributed by atoms with Crippen molar-refractivity contribution in [2.45, 2.75) is 52.4 Å². The molecule has 1 fully saturated rings. The van der Waals surface area contributed by atoms with E-state index in [9.17, 15) is 0 Å². The minimum atomic E-state index is -0.487. The summed E-state index contributed by atoms with van der Waals surface area (Å²) in [5, 5.41) is 8.86. The maximum Gasteiger partial charge on any atom is 0.154 e. The molecule has 0 radical (unpaired) electrons. The molecule has 1 aliphatic rings. The molecule has 1 saturated heterocycles. The normalized spacial score (nSPS) is 32.4. The van der Waals surface area contributed by atoms with Gasteiger partial charge >= 0.3 is 0 Å². The summed E-state index contributed by atoms with van der Waals surface area (Å²) in [7, 11) is 0. The van der Waals surface area contributed by atoms with Gasteiger partial charge in [0.15, 0.2) is 6.29 Å². The Labute approximate surface area is 64.7 Å². The quantitative estimate of drug-likeness (QED) is 0.570. The SMILES string of the molecule is CC.C[C@H]1CCC[C@H](O)O1.[HH]. The molecule has 1 aliphatic heterocycles. The van der Waals surface area contributed by atoms with Gasteiger partial charge in [-0.05, 0) is 26.2 Å². The average molecular weight is 148 g/mol. The fourth-order valence-corrected chi connectivity index (χ4v) is 0.984. The van der Waals surface area contributed by atoms with Gasteiger partial charge in [0.2, 0.25) is 0 Å². The topological polar surface area (TPSA) is 29.5 Å². The number of aliphatic hydroxyl groups excluding tert-OH is 1. The Morgan fingerprint density at radius 3 is 2.30 bits per heavy atom. The molecule has 0 bridgehead atoms. The van der Waals surface area contributed by atoms with E-state index in [0.717, 1.165) is 19.3 Å². The monoisotopic (exact) mass is 148 g/mol. The summed E-state index contributed by atoms with van der Waals surface area (Å²) in [6.07, 6.45) is 2.78. The van der Waals surface area contributed by atoms with Gasteiger partial charge in [0.25, 0.3) is 0 Å². The molecule has 0 saturated carbocycles. The predicted octanol–water partition coefficient (Wildman–Crippen LogP) is 2.17. The number of aliphatic hydroxyl groups is 1. The molecular formula is C8H20O2. The van der Waals surface area contributed by atoms with Crippen LogP contribution in [0.15, 0.2) is 0 Å². The van der Waals surface area contributed by atoms with E-state index in [4.69, 9.17) is 9.84 Å². The number of hydrogen-bond acceptors (Lipinski definition) is 2. The van der Waals surface area contributed by atoms with Crippen LogP contribution in [0.25, 0.3) is 0 Å². The Kier molecular flexibility index (Phi) is 5.64. The van der Waals surface area contributed by atoms with Gasteiger partial charge in [-0.3, -0.25) is 0 Å². The van der Waals surface area contributed by atoms with Crippen molar-refractivity contribution in [3.05, 3.63) is 0 Å². The highest BCUT2D eigenvalue weighted by Crippen LogP contribution is 2.15. The third-order valence-corrected chi connectivity index (χ3v) is 1.45. The fraction of sp³-hybridized carbons (Fsp3) is 1.00. The van der Waals surface area contributed by atoms with Gasteiger partial charge in [0.05, 0.1) is 6.10 Å². The van der Waals surface area contributed by atoms with Crippen LogP contribution in [0.4, 0.5) is 0 Å². The Hall–Kier alpha value is -0.0800. The number of ether oxygens (including phenoxy) is 1. The first-order valence-electron chi connectivity index (χ1n) is 4.12. The van der Waals surface area contributed by atoms with E-state index >= 15 is 0 Å². The molecule has 10 heavy (non-hydrogen) atoms. The Balaban J connectivity index is 0. The molecular weight excluding hydrogens is 128 g/mol. The largest absolute Gasteiger partial charge is 0.368 e. The van der Waals surface area contributed by atoms with E-state index in [1.54, 1.807) is 0 Å². The Bertz CT molecular complexity index is 70.5. The Morgan fingerprint density at radius 1 is 1.40 bits per heavy atom. The second-order valence-electron chi connectivity index (χ2n) is 2.33. The third kappa shape index (κ3) is 3.85. The van der Waals surface area contributed by atoms with Crippen LogP contribution in [0.3, 0.4) is 0 Å². The first kappa shape index (κ1) is 9.92. The van der Waals surface area contributed by atoms with Crippen LogP contribution in [0.1, 0.15) is 41.5 Å². The van der Waals surface area contributed by atoms with E-state index in [1.165, 1.54) is 0 Å². The maximum atomic E-state index is 8.86. The van der Waals surface area contributed by atoms with E-state index in [0.29, 0.717) is 0 Å². The molecule has 2 atom stereocenters.